The number of esters is 1. The van der Waals surface area contributed by atoms with Crippen molar-refractivity contribution >= 4 is 11.9 Å². The first-order chi connectivity index (χ1) is 33.2. The molecule has 8 atom stereocenters. The average Bonchev–Trinajstić information content (AvgIpc) is 3.33. The lowest BCUT2D eigenvalue weighted by molar-refractivity contribution is -0.305. The van der Waals surface area contributed by atoms with Gasteiger partial charge in [-0.05, 0) is 51.4 Å². The van der Waals surface area contributed by atoms with Gasteiger partial charge < -0.3 is 45.1 Å². The number of aliphatic hydroxyl groups excluding tert-OH is 5. The number of amides is 1. The molecule has 0 aromatic heterocycles. The van der Waals surface area contributed by atoms with Crippen molar-refractivity contribution in [2.24, 2.45) is 0 Å². The average molecular weight is 966 g/mol. The molecule has 1 fully saturated rings. The van der Waals surface area contributed by atoms with Gasteiger partial charge >= 0.3 is 5.97 Å². The lowest BCUT2D eigenvalue weighted by Crippen LogP contribution is -2.61. The Labute approximate surface area is 416 Å². The molecule has 1 amide bonds. The van der Waals surface area contributed by atoms with Crippen LogP contribution < -0.4 is 5.32 Å². The zero-order valence-corrected chi connectivity index (χ0v) is 44.0. The Morgan fingerprint density at radius 2 is 0.971 bits per heavy atom. The van der Waals surface area contributed by atoms with Gasteiger partial charge in [-0.15, -0.1) is 0 Å². The number of nitrogens with one attached hydrogen (secondary N) is 1. The van der Waals surface area contributed by atoms with Crippen LogP contribution >= 0.6 is 0 Å². The molecular formula is C57H107NO10. The third kappa shape index (κ3) is 34.5. The van der Waals surface area contributed by atoms with Gasteiger partial charge in [0.05, 0.1) is 25.4 Å². The zero-order chi connectivity index (χ0) is 49.7. The van der Waals surface area contributed by atoms with Gasteiger partial charge in [0, 0.05) is 6.42 Å². The van der Waals surface area contributed by atoms with Crippen LogP contribution in [0.3, 0.4) is 0 Å². The third-order valence-electron chi connectivity index (χ3n) is 13.6. The number of carbonyl (C=O) groups excluding carboxylic acids is 2. The molecule has 0 spiro atoms. The van der Waals surface area contributed by atoms with Gasteiger partial charge in [0.1, 0.15) is 24.4 Å². The summed E-state index contributed by atoms with van der Waals surface area (Å²) in [6.07, 6.45) is 40.8. The second-order valence-electron chi connectivity index (χ2n) is 20.0. The van der Waals surface area contributed by atoms with Crippen molar-refractivity contribution in [1.82, 2.24) is 5.32 Å². The minimum atomic E-state index is -1.61. The molecule has 0 aliphatic carbocycles. The van der Waals surface area contributed by atoms with Crippen LogP contribution in [0.4, 0.5) is 0 Å². The van der Waals surface area contributed by atoms with Crippen molar-refractivity contribution in [3.05, 3.63) is 24.3 Å². The number of rotatable bonds is 48. The van der Waals surface area contributed by atoms with Crippen LogP contribution in [0, 0.1) is 0 Å². The number of carbonyl (C=O) groups is 2. The highest BCUT2D eigenvalue weighted by atomic mass is 16.7. The summed E-state index contributed by atoms with van der Waals surface area (Å²) in [5, 5.41) is 56.7. The molecule has 0 radical (unpaired) electrons. The van der Waals surface area contributed by atoms with Crippen LogP contribution in [0.2, 0.25) is 0 Å². The van der Waals surface area contributed by atoms with Gasteiger partial charge in [0.15, 0.2) is 12.4 Å². The van der Waals surface area contributed by atoms with E-state index in [1.54, 1.807) is 6.08 Å². The standard InChI is InChI=1S/C57H107NO10/c1-4-7-10-13-16-19-22-24-25-27-30-33-36-39-42-45-52(62)68-55-54(64)53(63)51(46-59)67-57(55)66-47-48(49(60)43-40-37-34-31-28-21-18-15-12-9-6-3)58-56(65)50(61)44-41-38-35-32-29-26-23-20-17-14-11-8-5-2/h19,22,40,43,48-51,53-55,57,59-61,63-64H,4-18,20-21,23-39,41-42,44-47H2,1-3H3,(H,58,65)/b22-19-,43-40+. The molecule has 8 unspecified atom stereocenters. The first-order valence-corrected chi connectivity index (χ1v) is 28.6. The molecule has 68 heavy (non-hydrogen) atoms. The summed E-state index contributed by atoms with van der Waals surface area (Å²) in [5.74, 6) is -1.19. The van der Waals surface area contributed by atoms with Crippen molar-refractivity contribution < 1.29 is 49.3 Å². The minimum absolute atomic E-state index is 0.122. The zero-order valence-electron chi connectivity index (χ0n) is 44.0. The van der Waals surface area contributed by atoms with Gasteiger partial charge in [0.2, 0.25) is 5.91 Å². The molecule has 1 heterocycles. The fraction of sp³-hybridized carbons (Fsp3) is 0.895. The normalized spacial score (nSPS) is 20.0. The van der Waals surface area contributed by atoms with Gasteiger partial charge in [-0.1, -0.05) is 231 Å². The number of hydrogen-bond donors (Lipinski definition) is 6. The van der Waals surface area contributed by atoms with E-state index in [0.717, 1.165) is 70.6 Å². The fourth-order valence-electron chi connectivity index (χ4n) is 9.00. The molecule has 6 N–H and O–H groups in total. The number of ether oxygens (including phenoxy) is 3. The Kier molecular flexibility index (Phi) is 43.6. The highest BCUT2D eigenvalue weighted by Gasteiger charge is 2.47. The number of unbranched alkanes of at least 4 members (excludes halogenated alkanes) is 32. The SMILES string of the molecule is CCCCCC/C=C\CCCCCCCCCC(=O)OC1C(OCC(NC(=O)C(O)CCCCCCCCCCCCCCC)C(O)/C=C/CCCCCCCCCCC)OC(CO)C(O)C1O. The molecule has 0 aromatic rings. The van der Waals surface area contributed by atoms with Crippen LogP contribution in [0.25, 0.3) is 0 Å². The predicted octanol–water partition coefficient (Wildman–Crippen LogP) is 12.6. The van der Waals surface area contributed by atoms with E-state index >= 15 is 0 Å². The fourth-order valence-corrected chi connectivity index (χ4v) is 9.00. The van der Waals surface area contributed by atoms with Crippen molar-refractivity contribution in [2.75, 3.05) is 13.2 Å². The summed E-state index contributed by atoms with van der Waals surface area (Å²) in [4.78, 5) is 26.4. The Morgan fingerprint density at radius 1 is 0.559 bits per heavy atom. The molecule has 1 rings (SSSR count). The highest BCUT2D eigenvalue weighted by molar-refractivity contribution is 5.80. The highest BCUT2D eigenvalue weighted by Crippen LogP contribution is 2.26. The van der Waals surface area contributed by atoms with Crippen LogP contribution in [0.1, 0.15) is 265 Å². The molecule has 1 aliphatic heterocycles. The first kappa shape index (κ1) is 64.2. The lowest BCUT2D eigenvalue weighted by Gasteiger charge is -2.41. The van der Waals surface area contributed by atoms with Crippen molar-refractivity contribution in [2.45, 2.75) is 314 Å². The molecule has 400 valence electrons. The van der Waals surface area contributed by atoms with E-state index in [0.29, 0.717) is 19.3 Å². The van der Waals surface area contributed by atoms with Crippen molar-refractivity contribution in [3.8, 4) is 0 Å². The van der Waals surface area contributed by atoms with E-state index in [1.165, 1.54) is 148 Å². The van der Waals surface area contributed by atoms with Gasteiger partial charge in [0.25, 0.3) is 0 Å². The summed E-state index contributed by atoms with van der Waals surface area (Å²) in [7, 11) is 0. The maximum atomic E-state index is 13.3. The second-order valence-corrected chi connectivity index (χ2v) is 20.0. The Morgan fingerprint density at radius 3 is 1.44 bits per heavy atom. The van der Waals surface area contributed by atoms with Gasteiger partial charge in [-0.3, -0.25) is 9.59 Å². The lowest BCUT2D eigenvalue weighted by atomic mass is 9.99. The van der Waals surface area contributed by atoms with Gasteiger partial charge in [-0.25, -0.2) is 0 Å². The van der Waals surface area contributed by atoms with Gasteiger partial charge in [-0.2, -0.15) is 0 Å². The Hall–Kier alpha value is -1.86. The first-order valence-electron chi connectivity index (χ1n) is 28.6. The monoisotopic (exact) mass is 966 g/mol. The molecule has 0 bridgehead atoms. The van der Waals surface area contributed by atoms with Crippen LogP contribution in [-0.4, -0.2) is 99.6 Å². The summed E-state index contributed by atoms with van der Waals surface area (Å²) < 4.78 is 17.6. The smallest absolute Gasteiger partial charge is 0.306 e. The summed E-state index contributed by atoms with van der Waals surface area (Å²) in [5.41, 5.74) is 0. The van der Waals surface area contributed by atoms with Crippen molar-refractivity contribution in [1.29, 1.82) is 0 Å². The molecule has 0 aromatic carbocycles. The second kappa shape index (κ2) is 46.2. The quantitative estimate of drug-likeness (QED) is 0.0196. The molecule has 11 heteroatoms. The number of aliphatic hydroxyl groups is 5. The van der Waals surface area contributed by atoms with E-state index in [-0.39, 0.29) is 13.0 Å². The molecule has 11 nitrogen and oxygen atoms in total. The Balaban J connectivity index is 2.72. The van der Waals surface area contributed by atoms with E-state index in [1.807, 2.05) is 6.08 Å². The summed E-state index contributed by atoms with van der Waals surface area (Å²) >= 11 is 0. The number of allylic oxidation sites excluding steroid dienone is 3. The van der Waals surface area contributed by atoms with Crippen LogP contribution in [-0.2, 0) is 23.8 Å². The van der Waals surface area contributed by atoms with E-state index in [9.17, 15) is 35.1 Å². The molecular weight excluding hydrogens is 859 g/mol. The van der Waals surface area contributed by atoms with Crippen LogP contribution in [0.5, 0.6) is 0 Å². The molecule has 1 aliphatic rings. The van der Waals surface area contributed by atoms with E-state index in [4.69, 9.17) is 14.2 Å². The Bertz CT molecular complexity index is 1200. The van der Waals surface area contributed by atoms with Crippen molar-refractivity contribution in [3.63, 3.8) is 0 Å². The minimum Gasteiger partial charge on any atom is -0.454 e. The van der Waals surface area contributed by atoms with E-state index in [2.05, 4.69) is 38.2 Å². The maximum Gasteiger partial charge on any atom is 0.306 e. The number of hydrogen-bond acceptors (Lipinski definition) is 10. The predicted molar refractivity (Wildman–Crippen MR) is 278 cm³/mol. The van der Waals surface area contributed by atoms with Crippen LogP contribution in [0.15, 0.2) is 24.3 Å². The summed E-state index contributed by atoms with van der Waals surface area (Å²) in [6, 6.07) is -1.02. The maximum absolute atomic E-state index is 13.3. The largest absolute Gasteiger partial charge is 0.454 e. The topological polar surface area (TPSA) is 175 Å². The molecule has 0 saturated carbocycles. The third-order valence-corrected chi connectivity index (χ3v) is 13.6. The summed E-state index contributed by atoms with van der Waals surface area (Å²) in [6.45, 7) is 5.76. The molecule has 1 saturated heterocycles. The van der Waals surface area contributed by atoms with E-state index < -0.39 is 67.4 Å².